The van der Waals surface area contributed by atoms with Crippen molar-refractivity contribution in [2.75, 3.05) is 11.5 Å². The monoisotopic (exact) mass is 636 g/mol. The molecular weight excluding hydrogens is 619 g/mol. The number of halogens is 4. The Morgan fingerprint density at radius 3 is 2.39 bits per heavy atom. The van der Waals surface area contributed by atoms with Crippen molar-refractivity contribution in [2.45, 2.75) is 20.5 Å². The molecule has 0 saturated carbocycles. The zero-order valence-corrected chi connectivity index (χ0v) is 24.0. The lowest BCUT2D eigenvalue weighted by Gasteiger charge is -2.26. The fraction of sp³-hybridized carbons (Fsp3) is 0.148. The molecule has 11 heteroatoms. The Kier molecular flexibility index (Phi) is 8.67. The maximum Gasteiger partial charge on any atom is 0.335 e. The molecule has 0 radical (unpaired) electrons. The predicted molar refractivity (Wildman–Crippen MR) is 151 cm³/mol. The smallest absolute Gasteiger partial charge is 0.335 e. The number of benzene rings is 3. The van der Waals surface area contributed by atoms with Gasteiger partial charge in [-0.15, -0.1) is 0 Å². The average Bonchev–Trinajstić information content (AvgIpc) is 2.85. The summed E-state index contributed by atoms with van der Waals surface area (Å²) in [5, 5.41) is 3.44. The van der Waals surface area contributed by atoms with E-state index in [2.05, 4.69) is 21.2 Å². The fourth-order valence-electron chi connectivity index (χ4n) is 3.64. The summed E-state index contributed by atoms with van der Waals surface area (Å²) in [7, 11) is 0. The van der Waals surface area contributed by atoms with Crippen molar-refractivity contribution in [3.8, 4) is 11.5 Å². The molecule has 1 fully saturated rings. The highest BCUT2D eigenvalue weighted by molar-refractivity contribution is 9.10. The summed E-state index contributed by atoms with van der Waals surface area (Å²) in [6, 6.07) is 12.4. The van der Waals surface area contributed by atoms with E-state index in [1.807, 2.05) is 6.92 Å². The van der Waals surface area contributed by atoms with Gasteiger partial charge in [0.1, 0.15) is 12.2 Å². The summed E-state index contributed by atoms with van der Waals surface area (Å²) in [5.74, 6) is -0.794. The van der Waals surface area contributed by atoms with E-state index in [1.54, 1.807) is 49.4 Å². The highest BCUT2D eigenvalue weighted by Gasteiger charge is 2.37. The van der Waals surface area contributed by atoms with Crippen molar-refractivity contribution in [3.05, 3.63) is 90.3 Å². The fourth-order valence-corrected chi connectivity index (χ4v) is 4.71. The van der Waals surface area contributed by atoms with Crippen LogP contribution in [0.5, 0.6) is 11.5 Å². The molecule has 1 heterocycles. The first kappa shape index (κ1) is 28.0. The number of nitrogens with zero attached hydrogens (tertiary/aromatic N) is 1. The van der Waals surface area contributed by atoms with Gasteiger partial charge in [-0.2, -0.15) is 0 Å². The van der Waals surface area contributed by atoms with Crippen molar-refractivity contribution in [1.29, 1.82) is 0 Å². The number of hydrogen-bond donors (Lipinski definition) is 1. The molecule has 0 bridgehead atoms. The Hall–Kier alpha value is -3.04. The first-order valence-electron chi connectivity index (χ1n) is 11.3. The minimum atomic E-state index is -0.862. The van der Waals surface area contributed by atoms with Crippen LogP contribution in [0.15, 0.2) is 58.6 Å². The summed E-state index contributed by atoms with van der Waals surface area (Å²) in [6.45, 7) is 4.14. The number of aryl methyl sites for hydroxylation is 1. The van der Waals surface area contributed by atoms with Crippen LogP contribution >= 0.6 is 50.7 Å². The maximum atomic E-state index is 13.3. The van der Waals surface area contributed by atoms with Gasteiger partial charge >= 0.3 is 6.03 Å². The van der Waals surface area contributed by atoms with Gasteiger partial charge in [-0.3, -0.25) is 14.9 Å². The van der Waals surface area contributed by atoms with E-state index in [4.69, 9.17) is 44.3 Å². The van der Waals surface area contributed by atoms with E-state index in [9.17, 15) is 14.4 Å². The van der Waals surface area contributed by atoms with E-state index < -0.39 is 17.8 Å². The first-order chi connectivity index (χ1) is 18.1. The third kappa shape index (κ3) is 5.99. The highest BCUT2D eigenvalue weighted by Crippen LogP contribution is 2.38. The molecule has 4 rings (SSSR count). The van der Waals surface area contributed by atoms with E-state index in [1.165, 1.54) is 12.1 Å². The molecule has 3 aromatic rings. The van der Waals surface area contributed by atoms with Crippen LogP contribution in [-0.4, -0.2) is 24.5 Å². The third-order valence-corrected chi connectivity index (χ3v) is 7.26. The van der Waals surface area contributed by atoms with Gasteiger partial charge in [-0.25, -0.2) is 9.69 Å². The molecule has 38 heavy (non-hydrogen) atoms. The molecule has 1 aliphatic heterocycles. The number of imide groups is 2. The molecule has 4 amide bonds. The summed E-state index contributed by atoms with van der Waals surface area (Å²) < 4.78 is 12.3. The minimum Gasteiger partial charge on any atom is -0.490 e. The Morgan fingerprint density at radius 2 is 1.71 bits per heavy atom. The zero-order valence-electron chi connectivity index (χ0n) is 20.1. The number of nitrogens with one attached hydrogen (secondary N) is 1. The van der Waals surface area contributed by atoms with Crippen LogP contribution in [0.1, 0.15) is 23.6 Å². The first-order valence-corrected chi connectivity index (χ1v) is 13.2. The van der Waals surface area contributed by atoms with E-state index in [0.717, 1.165) is 16.0 Å². The molecule has 1 saturated heterocycles. The highest BCUT2D eigenvalue weighted by atomic mass is 79.9. The van der Waals surface area contributed by atoms with Gasteiger partial charge in [0.2, 0.25) is 0 Å². The van der Waals surface area contributed by atoms with Crippen molar-refractivity contribution in [2.24, 2.45) is 0 Å². The van der Waals surface area contributed by atoms with Crippen LogP contribution in [-0.2, 0) is 16.2 Å². The van der Waals surface area contributed by atoms with Crippen LogP contribution < -0.4 is 19.7 Å². The van der Waals surface area contributed by atoms with Crippen molar-refractivity contribution in [1.82, 2.24) is 5.32 Å². The van der Waals surface area contributed by atoms with Crippen LogP contribution in [0.2, 0.25) is 15.1 Å². The van der Waals surface area contributed by atoms with Gasteiger partial charge in [-0.05, 0) is 88.9 Å². The van der Waals surface area contributed by atoms with E-state index >= 15 is 0 Å². The summed E-state index contributed by atoms with van der Waals surface area (Å²) in [5.41, 5.74) is 2.05. The molecule has 1 N–H and O–H groups in total. The molecule has 0 atom stereocenters. The van der Waals surface area contributed by atoms with Crippen LogP contribution in [0.4, 0.5) is 10.5 Å². The van der Waals surface area contributed by atoms with Gasteiger partial charge in [0, 0.05) is 5.02 Å². The number of ether oxygens (including phenoxy) is 2. The van der Waals surface area contributed by atoms with Crippen LogP contribution in [0.25, 0.3) is 6.08 Å². The maximum absolute atomic E-state index is 13.3. The zero-order chi connectivity index (χ0) is 27.6. The number of barbiturate groups is 1. The lowest BCUT2D eigenvalue weighted by Crippen LogP contribution is -2.54. The summed E-state index contributed by atoms with van der Waals surface area (Å²) in [6.07, 6.45) is 1.38. The largest absolute Gasteiger partial charge is 0.490 e. The Morgan fingerprint density at radius 1 is 0.947 bits per heavy atom. The van der Waals surface area contributed by atoms with Crippen molar-refractivity contribution >= 4 is 80.3 Å². The Balaban J connectivity index is 1.66. The van der Waals surface area contributed by atoms with Gasteiger partial charge in [0.25, 0.3) is 11.8 Å². The third-order valence-electron chi connectivity index (χ3n) is 5.53. The topological polar surface area (TPSA) is 84.9 Å². The second kappa shape index (κ2) is 11.8. The van der Waals surface area contributed by atoms with Gasteiger partial charge < -0.3 is 9.47 Å². The molecular formula is C27H20BrCl3N2O5. The predicted octanol–water partition coefficient (Wildman–Crippen LogP) is 7.36. The average molecular weight is 639 g/mol. The van der Waals surface area contributed by atoms with Crippen LogP contribution in [0.3, 0.4) is 0 Å². The molecule has 3 aromatic carbocycles. The minimum absolute atomic E-state index is 0.188. The quantitative estimate of drug-likeness (QED) is 0.216. The number of urea groups is 1. The number of rotatable bonds is 7. The number of carbonyl (C=O) groups excluding carboxylic acids is 3. The van der Waals surface area contributed by atoms with Crippen molar-refractivity contribution < 1.29 is 23.9 Å². The van der Waals surface area contributed by atoms with Gasteiger partial charge in [0.05, 0.1) is 26.8 Å². The van der Waals surface area contributed by atoms with E-state index in [0.29, 0.717) is 43.2 Å². The second-order valence-corrected chi connectivity index (χ2v) is 10.3. The number of amides is 4. The number of hydrogen-bond acceptors (Lipinski definition) is 5. The summed E-state index contributed by atoms with van der Waals surface area (Å²) in [4.78, 5) is 39.3. The van der Waals surface area contributed by atoms with Crippen molar-refractivity contribution in [3.63, 3.8) is 0 Å². The molecule has 1 aliphatic rings. The molecule has 196 valence electrons. The lowest BCUT2D eigenvalue weighted by molar-refractivity contribution is -0.122. The van der Waals surface area contributed by atoms with Crippen LogP contribution in [0, 0.1) is 6.92 Å². The van der Waals surface area contributed by atoms with Gasteiger partial charge in [-0.1, -0.05) is 46.9 Å². The second-order valence-electron chi connectivity index (χ2n) is 8.19. The number of anilines is 1. The molecule has 0 aromatic heterocycles. The number of carbonyl (C=O) groups is 3. The van der Waals surface area contributed by atoms with Gasteiger partial charge in [0.15, 0.2) is 11.5 Å². The molecule has 0 spiro atoms. The Labute approximate surface area is 242 Å². The standard InChI is InChI=1S/C27H20BrCl3N2O5/c1-3-37-23-11-16(9-19(28)24(23)38-13-15-5-7-20(29)22(31)10-15)8-18-25(34)32-27(36)33(26(18)35)17-6-4-14(2)21(30)12-17/h4-12H,3,13H2,1-2H3,(H,32,34,36)/b18-8-. The lowest BCUT2D eigenvalue weighted by atomic mass is 10.1. The van der Waals surface area contributed by atoms with E-state index in [-0.39, 0.29) is 17.9 Å². The summed E-state index contributed by atoms with van der Waals surface area (Å²) >= 11 is 21.8. The molecule has 0 aliphatic carbocycles. The SMILES string of the molecule is CCOc1cc(/C=C2/C(=O)NC(=O)N(c3ccc(C)c(Cl)c3)C2=O)cc(Br)c1OCc1ccc(Cl)c(Cl)c1. The Bertz CT molecular complexity index is 1490. The molecule has 7 nitrogen and oxygen atoms in total. The normalized spacial score (nSPS) is 14.6. The molecule has 0 unspecified atom stereocenters.